The van der Waals surface area contributed by atoms with Gasteiger partial charge in [0, 0.05) is 32.9 Å². The average Bonchev–Trinajstić information content (AvgIpc) is 3.28. The molecule has 26 heavy (non-hydrogen) atoms. The highest BCUT2D eigenvalue weighted by molar-refractivity contribution is 7.20. The third-order valence-corrected chi connectivity index (χ3v) is 5.61. The van der Waals surface area contributed by atoms with E-state index in [4.69, 9.17) is 9.47 Å². The molecule has 1 saturated heterocycles. The summed E-state index contributed by atoms with van der Waals surface area (Å²) in [5, 5.41) is 7.26. The minimum atomic E-state index is -0.0629. The number of carbonyl (C=O) groups is 1. The number of nitrogens with one attached hydrogen (secondary N) is 2. The quantitative estimate of drug-likeness (QED) is 0.653. The van der Waals surface area contributed by atoms with Gasteiger partial charge >= 0.3 is 0 Å². The first-order valence-electron chi connectivity index (χ1n) is 9.16. The third-order valence-electron chi connectivity index (χ3n) is 4.41. The summed E-state index contributed by atoms with van der Waals surface area (Å²) in [6, 6.07) is 0. The molecule has 1 fully saturated rings. The van der Waals surface area contributed by atoms with Gasteiger partial charge in [0.1, 0.15) is 17.0 Å². The lowest BCUT2D eigenvalue weighted by molar-refractivity contribution is 0.0948. The molecule has 1 aliphatic heterocycles. The van der Waals surface area contributed by atoms with E-state index in [1.54, 1.807) is 6.33 Å². The highest BCUT2D eigenvalue weighted by Gasteiger charge is 2.20. The summed E-state index contributed by atoms with van der Waals surface area (Å²) in [5.41, 5.74) is 0.919. The number of thiophene rings is 1. The minimum absolute atomic E-state index is 0.0629. The van der Waals surface area contributed by atoms with Gasteiger partial charge < -0.3 is 20.1 Å². The maximum absolute atomic E-state index is 12.5. The van der Waals surface area contributed by atoms with Gasteiger partial charge in [0.05, 0.1) is 16.4 Å². The minimum Gasteiger partial charge on any atom is -0.382 e. The van der Waals surface area contributed by atoms with Crippen molar-refractivity contribution in [3.63, 3.8) is 0 Å². The molecule has 0 spiro atoms. The van der Waals surface area contributed by atoms with Crippen molar-refractivity contribution in [3.8, 4) is 0 Å². The van der Waals surface area contributed by atoms with Crippen LogP contribution in [0.3, 0.4) is 0 Å². The van der Waals surface area contributed by atoms with Crippen LogP contribution in [0.15, 0.2) is 6.33 Å². The van der Waals surface area contributed by atoms with Crippen LogP contribution in [-0.2, 0) is 9.47 Å². The van der Waals surface area contributed by atoms with Crippen LogP contribution in [0.25, 0.3) is 10.2 Å². The van der Waals surface area contributed by atoms with Gasteiger partial charge in [-0.15, -0.1) is 11.3 Å². The maximum Gasteiger partial charge on any atom is 0.261 e. The van der Waals surface area contributed by atoms with Crippen LogP contribution in [0, 0.1) is 6.92 Å². The Hall–Kier alpha value is -1.77. The Morgan fingerprint density at radius 1 is 1.46 bits per heavy atom. The highest BCUT2D eigenvalue weighted by Crippen LogP contribution is 2.33. The molecule has 2 N–H and O–H groups in total. The summed E-state index contributed by atoms with van der Waals surface area (Å²) < 4.78 is 10.9. The molecular formula is C18H26N4O3S. The van der Waals surface area contributed by atoms with Gasteiger partial charge in [-0.1, -0.05) is 0 Å². The highest BCUT2D eigenvalue weighted by atomic mass is 32.1. The van der Waals surface area contributed by atoms with E-state index >= 15 is 0 Å². The fraction of sp³-hybridized carbons (Fsp3) is 0.611. The van der Waals surface area contributed by atoms with E-state index in [2.05, 4.69) is 20.6 Å². The van der Waals surface area contributed by atoms with E-state index in [1.165, 1.54) is 11.3 Å². The van der Waals surface area contributed by atoms with Crippen LogP contribution in [0.2, 0.25) is 0 Å². The molecule has 2 aromatic heterocycles. The lowest BCUT2D eigenvalue weighted by Gasteiger charge is -2.12. The van der Waals surface area contributed by atoms with Gasteiger partial charge in [-0.05, 0) is 38.7 Å². The van der Waals surface area contributed by atoms with Gasteiger partial charge in [0.2, 0.25) is 0 Å². The van der Waals surface area contributed by atoms with E-state index < -0.39 is 0 Å². The molecule has 0 aromatic carbocycles. The van der Waals surface area contributed by atoms with Crippen LogP contribution in [0.5, 0.6) is 0 Å². The first-order chi connectivity index (χ1) is 12.7. The van der Waals surface area contributed by atoms with E-state index in [1.807, 2.05) is 13.8 Å². The number of rotatable bonds is 9. The number of nitrogens with zero attached hydrogens (tertiary/aromatic N) is 2. The second-order valence-corrected chi connectivity index (χ2v) is 7.28. The fourth-order valence-corrected chi connectivity index (χ4v) is 4.10. The number of hydrogen-bond acceptors (Lipinski definition) is 7. The Balaban J connectivity index is 1.68. The summed E-state index contributed by atoms with van der Waals surface area (Å²) in [4.78, 5) is 22.8. The van der Waals surface area contributed by atoms with Crippen molar-refractivity contribution in [2.75, 3.05) is 38.2 Å². The number of amides is 1. The molecule has 1 amide bonds. The Morgan fingerprint density at radius 2 is 2.35 bits per heavy atom. The smallest absolute Gasteiger partial charge is 0.261 e. The van der Waals surface area contributed by atoms with Gasteiger partial charge in [-0.25, -0.2) is 9.97 Å². The standard InChI is InChI=1S/C18H26N4O3S/c1-3-24-8-5-7-19-17(23)15-12(2)14-16(21-11-22-18(14)26-15)20-10-13-6-4-9-25-13/h11,13H,3-10H2,1-2H3,(H,19,23)(H,20,21,22). The first-order valence-corrected chi connectivity index (χ1v) is 9.97. The van der Waals surface area contributed by atoms with Gasteiger partial charge in [-0.2, -0.15) is 0 Å². The van der Waals surface area contributed by atoms with Crippen molar-refractivity contribution < 1.29 is 14.3 Å². The molecule has 1 unspecified atom stereocenters. The molecule has 7 nitrogen and oxygen atoms in total. The number of aromatic nitrogens is 2. The number of hydrogen-bond donors (Lipinski definition) is 2. The Labute approximate surface area is 157 Å². The topological polar surface area (TPSA) is 85.4 Å². The summed E-state index contributed by atoms with van der Waals surface area (Å²) >= 11 is 1.41. The van der Waals surface area contributed by atoms with Crippen molar-refractivity contribution in [1.29, 1.82) is 0 Å². The third kappa shape index (κ3) is 4.49. The summed E-state index contributed by atoms with van der Waals surface area (Å²) in [6.07, 6.45) is 4.75. The van der Waals surface area contributed by atoms with Crippen LogP contribution in [-0.4, -0.2) is 54.9 Å². The number of ether oxygens (including phenoxy) is 2. The second kappa shape index (κ2) is 9.25. The van der Waals surface area contributed by atoms with E-state index in [0.717, 1.165) is 54.0 Å². The zero-order chi connectivity index (χ0) is 18.4. The number of aryl methyl sites for hydroxylation is 1. The van der Waals surface area contributed by atoms with E-state index in [0.29, 0.717) is 24.6 Å². The molecule has 0 radical (unpaired) electrons. The largest absolute Gasteiger partial charge is 0.382 e. The lowest BCUT2D eigenvalue weighted by Crippen LogP contribution is -2.25. The second-order valence-electron chi connectivity index (χ2n) is 6.28. The monoisotopic (exact) mass is 378 g/mol. The van der Waals surface area contributed by atoms with Crippen molar-refractivity contribution in [2.45, 2.75) is 39.2 Å². The van der Waals surface area contributed by atoms with Gasteiger partial charge in [-0.3, -0.25) is 4.79 Å². The van der Waals surface area contributed by atoms with Gasteiger partial charge in [0.15, 0.2) is 0 Å². The van der Waals surface area contributed by atoms with Crippen molar-refractivity contribution in [2.24, 2.45) is 0 Å². The summed E-state index contributed by atoms with van der Waals surface area (Å²) in [5.74, 6) is 0.710. The van der Waals surface area contributed by atoms with E-state index in [-0.39, 0.29) is 12.0 Å². The molecule has 3 rings (SSSR count). The molecule has 8 heteroatoms. The molecule has 0 saturated carbocycles. The molecular weight excluding hydrogens is 352 g/mol. The SMILES string of the molecule is CCOCCCNC(=O)c1sc2ncnc(NCC3CCCO3)c2c1C. The Bertz CT molecular complexity index is 743. The van der Waals surface area contributed by atoms with Crippen LogP contribution in [0.1, 0.15) is 41.4 Å². The Morgan fingerprint density at radius 3 is 3.12 bits per heavy atom. The lowest BCUT2D eigenvalue weighted by atomic mass is 10.2. The van der Waals surface area contributed by atoms with Crippen LogP contribution in [0.4, 0.5) is 5.82 Å². The van der Waals surface area contributed by atoms with Gasteiger partial charge in [0.25, 0.3) is 5.91 Å². The van der Waals surface area contributed by atoms with E-state index in [9.17, 15) is 4.79 Å². The van der Waals surface area contributed by atoms with Crippen LogP contribution >= 0.6 is 11.3 Å². The van der Waals surface area contributed by atoms with Crippen molar-refractivity contribution in [1.82, 2.24) is 15.3 Å². The average molecular weight is 378 g/mol. The summed E-state index contributed by atoms with van der Waals surface area (Å²) in [6.45, 7) is 7.42. The number of carbonyl (C=O) groups excluding carboxylic acids is 1. The number of fused-ring (bicyclic) bond motifs is 1. The molecule has 2 aromatic rings. The predicted octanol–water partition coefficient (Wildman–Crippen LogP) is 2.75. The van der Waals surface area contributed by atoms with Crippen LogP contribution < -0.4 is 10.6 Å². The number of anilines is 1. The molecule has 1 aliphatic rings. The zero-order valence-electron chi connectivity index (χ0n) is 15.3. The molecule has 0 aliphatic carbocycles. The summed E-state index contributed by atoms with van der Waals surface area (Å²) in [7, 11) is 0. The zero-order valence-corrected chi connectivity index (χ0v) is 16.2. The van der Waals surface area contributed by atoms with Crippen molar-refractivity contribution in [3.05, 3.63) is 16.8 Å². The van der Waals surface area contributed by atoms with Crippen molar-refractivity contribution >= 4 is 33.3 Å². The first kappa shape index (κ1) is 19.0. The molecule has 1 atom stereocenters. The Kier molecular flexibility index (Phi) is 6.76. The molecule has 0 bridgehead atoms. The molecule has 3 heterocycles. The molecule has 142 valence electrons. The normalized spacial score (nSPS) is 16.9. The predicted molar refractivity (Wildman–Crippen MR) is 103 cm³/mol. The fourth-order valence-electron chi connectivity index (χ4n) is 3.04. The maximum atomic E-state index is 12.5.